The van der Waals surface area contributed by atoms with Crippen LogP contribution in [0.25, 0.3) is 11.3 Å². The Labute approximate surface area is 111 Å². The first-order chi connectivity index (χ1) is 9.11. The van der Waals surface area contributed by atoms with Crippen molar-refractivity contribution < 1.29 is 14.3 Å². The number of Topliss-reactive ketones (excluding diaryl/α,β-unsaturated/α-hetero) is 1. The molecule has 0 aliphatic heterocycles. The Kier molecular flexibility index (Phi) is 3.71. The van der Waals surface area contributed by atoms with Crippen molar-refractivity contribution >= 4 is 11.8 Å². The van der Waals surface area contributed by atoms with Crippen molar-refractivity contribution in [3.63, 3.8) is 0 Å². The molecule has 0 unspecified atom stereocenters. The van der Waals surface area contributed by atoms with Crippen LogP contribution >= 0.6 is 0 Å². The number of carbonyl (C=O) groups excluding carboxylic acids is 2. The fourth-order valence-electron chi connectivity index (χ4n) is 1.75. The summed E-state index contributed by atoms with van der Waals surface area (Å²) in [6.07, 6.45) is 1.66. The Morgan fingerprint density at radius 2 is 1.84 bits per heavy atom. The van der Waals surface area contributed by atoms with Crippen LogP contribution in [-0.4, -0.2) is 23.8 Å². The lowest BCUT2D eigenvalue weighted by Crippen LogP contribution is -2.04. The lowest BCUT2D eigenvalue weighted by molar-refractivity contribution is 0.0601. The van der Waals surface area contributed by atoms with Gasteiger partial charge in [-0.05, 0) is 37.3 Å². The van der Waals surface area contributed by atoms with E-state index in [4.69, 9.17) is 4.74 Å². The molecule has 4 heteroatoms. The van der Waals surface area contributed by atoms with E-state index in [-0.39, 0.29) is 5.78 Å². The molecule has 0 aliphatic rings. The van der Waals surface area contributed by atoms with Crippen molar-refractivity contribution in [1.82, 2.24) is 4.98 Å². The Bertz CT molecular complexity index is 621. The molecule has 96 valence electrons. The number of ether oxygens (including phenoxy) is 1. The smallest absolute Gasteiger partial charge is 0.337 e. The minimum absolute atomic E-state index is 0.108. The molecule has 2 aromatic rings. The van der Waals surface area contributed by atoms with Gasteiger partial charge in [0.05, 0.1) is 18.4 Å². The fourth-order valence-corrected chi connectivity index (χ4v) is 1.75. The van der Waals surface area contributed by atoms with E-state index in [0.717, 1.165) is 0 Å². The van der Waals surface area contributed by atoms with Gasteiger partial charge in [0.15, 0.2) is 5.78 Å². The van der Waals surface area contributed by atoms with E-state index in [1.54, 1.807) is 24.4 Å². The van der Waals surface area contributed by atoms with Crippen molar-refractivity contribution in [3.05, 3.63) is 53.7 Å². The van der Waals surface area contributed by atoms with Gasteiger partial charge in [0.25, 0.3) is 0 Å². The van der Waals surface area contributed by atoms with Crippen molar-refractivity contribution in [3.8, 4) is 11.3 Å². The summed E-state index contributed by atoms with van der Waals surface area (Å²) in [5.74, 6) is -0.580. The summed E-state index contributed by atoms with van der Waals surface area (Å²) in [6.45, 7) is 1.46. The third kappa shape index (κ3) is 2.85. The topological polar surface area (TPSA) is 56.3 Å². The van der Waals surface area contributed by atoms with Crippen LogP contribution in [0.5, 0.6) is 0 Å². The number of ketones is 1. The van der Waals surface area contributed by atoms with Crippen LogP contribution in [0.4, 0.5) is 0 Å². The number of hydrogen-bond donors (Lipinski definition) is 0. The number of hydrogen-bond acceptors (Lipinski definition) is 4. The molecule has 2 rings (SSSR count). The molecule has 0 fully saturated rings. The van der Waals surface area contributed by atoms with Crippen LogP contribution in [0.1, 0.15) is 27.6 Å². The molecule has 0 N–H and O–H groups in total. The number of aromatic nitrogens is 1. The van der Waals surface area contributed by atoms with Gasteiger partial charge in [0, 0.05) is 17.3 Å². The summed E-state index contributed by atoms with van der Waals surface area (Å²) >= 11 is 0. The Morgan fingerprint density at radius 3 is 2.42 bits per heavy atom. The van der Waals surface area contributed by atoms with Crippen molar-refractivity contribution in [1.29, 1.82) is 0 Å². The average molecular weight is 255 g/mol. The first-order valence-corrected chi connectivity index (χ1v) is 5.77. The van der Waals surface area contributed by atoms with E-state index < -0.39 is 5.97 Å². The third-order valence-electron chi connectivity index (χ3n) is 2.72. The Hall–Kier alpha value is -2.49. The first-order valence-electron chi connectivity index (χ1n) is 5.77. The number of benzene rings is 1. The van der Waals surface area contributed by atoms with Crippen LogP contribution in [-0.2, 0) is 4.74 Å². The van der Waals surface area contributed by atoms with E-state index in [2.05, 4.69) is 4.98 Å². The average Bonchev–Trinajstić information content (AvgIpc) is 2.46. The van der Waals surface area contributed by atoms with Gasteiger partial charge in [-0.1, -0.05) is 6.07 Å². The fraction of sp³-hybridized carbons (Fsp3) is 0.133. The van der Waals surface area contributed by atoms with Gasteiger partial charge in [0.1, 0.15) is 0 Å². The molecule has 4 nitrogen and oxygen atoms in total. The second-order valence-electron chi connectivity index (χ2n) is 4.06. The molecule has 0 saturated carbocycles. The zero-order chi connectivity index (χ0) is 13.8. The molecule has 19 heavy (non-hydrogen) atoms. The number of nitrogens with zero attached hydrogens (tertiary/aromatic N) is 1. The largest absolute Gasteiger partial charge is 0.465 e. The van der Waals surface area contributed by atoms with Gasteiger partial charge < -0.3 is 4.74 Å². The third-order valence-corrected chi connectivity index (χ3v) is 2.72. The summed E-state index contributed by atoms with van der Waals surface area (Å²) < 4.78 is 4.69. The highest BCUT2D eigenvalue weighted by Crippen LogP contribution is 2.21. The summed E-state index contributed by atoms with van der Waals surface area (Å²) in [4.78, 5) is 27.3. The van der Waals surface area contributed by atoms with Crippen molar-refractivity contribution in [2.75, 3.05) is 7.11 Å². The second kappa shape index (κ2) is 5.44. The number of carbonyl (C=O) groups is 2. The van der Waals surface area contributed by atoms with Crippen LogP contribution < -0.4 is 0 Å². The minimum atomic E-state index is -0.472. The van der Waals surface area contributed by atoms with Gasteiger partial charge in [-0.2, -0.15) is 0 Å². The molecule has 0 radical (unpaired) electrons. The molecule has 0 atom stereocenters. The van der Waals surface area contributed by atoms with Gasteiger partial charge in [-0.3, -0.25) is 9.78 Å². The first kappa shape index (κ1) is 13.0. The summed E-state index contributed by atoms with van der Waals surface area (Å²) in [7, 11) is 1.31. The number of pyridine rings is 1. The lowest BCUT2D eigenvalue weighted by atomic mass is 10.0. The van der Waals surface area contributed by atoms with Crippen molar-refractivity contribution in [2.24, 2.45) is 0 Å². The van der Waals surface area contributed by atoms with Crippen LogP contribution in [0.2, 0.25) is 0 Å². The normalized spacial score (nSPS) is 10.0. The number of rotatable bonds is 3. The lowest BCUT2D eigenvalue weighted by Gasteiger charge is -2.06. The Balaban J connectivity index is 2.58. The van der Waals surface area contributed by atoms with E-state index in [9.17, 15) is 9.59 Å². The molecule has 0 aliphatic carbocycles. The highest BCUT2D eigenvalue weighted by molar-refractivity contribution is 5.99. The highest BCUT2D eigenvalue weighted by atomic mass is 16.5. The highest BCUT2D eigenvalue weighted by Gasteiger charge is 2.12. The molecular formula is C15H13NO3. The minimum Gasteiger partial charge on any atom is -0.465 e. The van der Waals surface area contributed by atoms with Crippen LogP contribution in [0, 0.1) is 0 Å². The predicted octanol–water partition coefficient (Wildman–Crippen LogP) is 2.74. The van der Waals surface area contributed by atoms with E-state index in [1.165, 1.54) is 20.1 Å². The van der Waals surface area contributed by atoms with Gasteiger partial charge in [-0.15, -0.1) is 0 Å². The second-order valence-corrected chi connectivity index (χ2v) is 4.06. The maximum Gasteiger partial charge on any atom is 0.337 e. The monoisotopic (exact) mass is 255 g/mol. The van der Waals surface area contributed by atoms with Gasteiger partial charge >= 0.3 is 5.97 Å². The summed E-state index contributed by atoms with van der Waals surface area (Å²) in [5, 5.41) is 0. The molecule has 1 heterocycles. The molecular weight excluding hydrogens is 242 g/mol. The predicted molar refractivity (Wildman–Crippen MR) is 71.0 cm³/mol. The number of methoxy groups -OCH3 is 1. The molecule has 0 saturated heterocycles. The van der Waals surface area contributed by atoms with E-state index in [0.29, 0.717) is 22.4 Å². The molecule has 1 aromatic heterocycles. The molecule has 0 amide bonds. The maximum atomic E-state index is 11.6. The van der Waals surface area contributed by atoms with E-state index >= 15 is 0 Å². The Morgan fingerprint density at radius 1 is 1.11 bits per heavy atom. The van der Waals surface area contributed by atoms with Crippen LogP contribution in [0.15, 0.2) is 42.6 Å². The maximum absolute atomic E-state index is 11.6. The zero-order valence-corrected chi connectivity index (χ0v) is 10.7. The summed E-state index contributed by atoms with van der Waals surface area (Å²) in [6, 6.07) is 10.4. The molecule has 0 spiro atoms. The zero-order valence-electron chi connectivity index (χ0n) is 10.7. The van der Waals surface area contributed by atoms with Gasteiger partial charge in [0.2, 0.25) is 0 Å². The van der Waals surface area contributed by atoms with E-state index in [1.807, 2.05) is 12.1 Å². The SMILES string of the molecule is COC(=O)c1cc(C(C)=O)cc(-c2ccccn2)c1. The number of esters is 1. The molecule has 0 bridgehead atoms. The van der Waals surface area contributed by atoms with Crippen molar-refractivity contribution in [2.45, 2.75) is 6.92 Å². The van der Waals surface area contributed by atoms with Gasteiger partial charge in [-0.25, -0.2) is 4.79 Å². The molecule has 1 aromatic carbocycles. The summed E-state index contributed by atoms with van der Waals surface area (Å²) in [5.41, 5.74) is 2.23. The standard InChI is InChI=1S/C15H13NO3/c1-10(17)11-7-12(14-5-3-4-6-16-14)9-13(8-11)15(18)19-2/h3-9H,1-2H3. The van der Waals surface area contributed by atoms with Crippen LogP contribution in [0.3, 0.4) is 0 Å². The quantitative estimate of drug-likeness (QED) is 0.625.